The van der Waals surface area contributed by atoms with Gasteiger partial charge >= 0.3 is 12.1 Å². The van der Waals surface area contributed by atoms with Crippen LogP contribution in [0.5, 0.6) is 0 Å². The van der Waals surface area contributed by atoms with E-state index in [2.05, 4.69) is 11.2 Å². The molecule has 7 nitrogen and oxygen atoms in total. The number of benzene rings is 1. The molecule has 0 unspecified atom stereocenters. The van der Waals surface area contributed by atoms with Gasteiger partial charge in [-0.05, 0) is 44.5 Å². The van der Waals surface area contributed by atoms with Gasteiger partial charge in [0.15, 0.2) is 0 Å². The number of aromatic nitrogens is 1. The number of ketones is 2. The largest absolute Gasteiger partial charge is 0.464 e. The zero-order valence-electron chi connectivity index (χ0n) is 21.8. The number of amides is 1. The number of carbonyl (C=O) groups is 4. The van der Waals surface area contributed by atoms with Gasteiger partial charge in [0.05, 0.1) is 22.5 Å². The van der Waals surface area contributed by atoms with E-state index < -0.39 is 58.8 Å². The third-order valence-corrected chi connectivity index (χ3v) is 6.06. The predicted molar refractivity (Wildman–Crippen MR) is 131 cm³/mol. The lowest BCUT2D eigenvalue weighted by Gasteiger charge is -2.22. The summed E-state index contributed by atoms with van der Waals surface area (Å²) in [5.41, 5.74) is -2.88. The Morgan fingerprint density at radius 2 is 1.76 bits per heavy atom. The maximum Gasteiger partial charge on any atom is 0.419 e. The molecule has 38 heavy (non-hydrogen) atoms. The average molecular weight is 537 g/mol. The summed E-state index contributed by atoms with van der Waals surface area (Å²) in [5.74, 6) is -2.69. The van der Waals surface area contributed by atoms with Crippen molar-refractivity contribution < 1.29 is 41.5 Å². The van der Waals surface area contributed by atoms with Gasteiger partial charge in [0.25, 0.3) is 5.91 Å². The fourth-order valence-electron chi connectivity index (χ4n) is 3.76. The molecule has 1 atom stereocenters. The van der Waals surface area contributed by atoms with Crippen molar-refractivity contribution in [3.05, 3.63) is 52.1 Å². The van der Waals surface area contributed by atoms with Gasteiger partial charge in [-0.3, -0.25) is 19.2 Å². The molecule has 1 aromatic carbocycles. The van der Waals surface area contributed by atoms with Gasteiger partial charge < -0.3 is 14.6 Å². The highest BCUT2D eigenvalue weighted by Crippen LogP contribution is 2.33. The highest BCUT2D eigenvalue weighted by atomic mass is 19.4. The number of nitrogens with zero attached hydrogens (tertiary/aromatic N) is 1. The molecule has 1 heterocycles. The van der Waals surface area contributed by atoms with Gasteiger partial charge in [0.2, 0.25) is 11.6 Å². The minimum absolute atomic E-state index is 0.0590. The summed E-state index contributed by atoms with van der Waals surface area (Å²) < 4.78 is 59.2. The third-order valence-electron chi connectivity index (χ3n) is 6.06. The first-order valence-electron chi connectivity index (χ1n) is 11.5. The van der Waals surface area contributed by atoms with Crippen LogP contribution in [0.1, 0.15) is 64.9 Å². The molecule has 0 radical (unpaired) electrons. The number of rotatable bonds is 9. The number of nitrogens with one attached hydrogen (secondary N) is 1. The highest BCUT2D eigenvalue weighted by molar-refractivity contribution is 6.44. The second-order valence-corrected chi connectivity index (χ2v) is 9.54. The van der Waals surface area contributed by atoms with Crippen molar-refractivity contribution >= 4 is 29.1 Å². The molecule has 1 amide bonds. The summed E-state index contributed by atoms with van der Waals surface area (Å²) in [5, 5.41) is 2.27. The van der Waals surface area contributed by atoms with E-state index in [1.54, 1.807) is 13.8 Å². The Morgan fingerprint density at radius 3 is 2.29 bits per heavy atom. The van der Waals surface area contributed by atoms with Crippen LogP contribution in [0.15, 0.2) is 18.2 Å². The quantitative estimate of drug-likeness (QED) is 0.160. The smallest absolute Gasteiger partial charge is 0.419 e. The SMILES string of the molecule is C#C[C@@](C)(COC(=O)C(C)C)CC(=O)C(=O)c1c(C)c(C(=O)Nc2ccc(F)c(C(F)(F)F)c2)n(C)c1C. The van der Waals surface area contributed by atoms with Crippen LogP contribution < -0.4 is 5.32 Å². The van der Waals surface area contributed by atoms with Crippen LogP contribution in [0.3, 0.4) is 0 Å². The zero-order chi connectivity index (χ0) is 29.2. The van der Waals surface area contributed by atoms with E-state index in [0.717, 1.165) is 6.07 Å². The number of Topliss-reactive ketones (excluding diaryl/α,β-unsaturated/α-hetero) is 2. The standard InChI is InChI=1S/C27H28F4N2O5/c1-8-26(6,13-38-25(37)14(2)3)12-20(34)23(35)21-15(4)22(33(7)16(21)5)24(36)32-17-9-10-19(28)18(11-17)27(29,30)31/h1,9-11,14H,12-13H2,2-7H3,(H,32,36)/t26-/m1/s1. The first kappa shape index (κ1) is 30.3. The van der Waals surface area contributed by atoms with Crippen LogP contribution in [0.2, 0.25) is 0 Å². The molecule has 0 spiro atoms. The lowest BCUT2D eigenvalue weighted by Crippen LogP contribution is -2.30. The summed E-state index contributed by atoms with van der Waals surface area (Å²) >= 11 is 0. The third kappa shape index (κ3) is 6.49. The lowest BCUT2D eigenvalue weighted by atomic mass is 9.84. The minimum atomic E-state index is -4.97. The Labute approximate surface area is 217 Å². The number of esters is 1. The number of halogens is 4. The maximum atomic E-state index is 13.6. The second kappa shape index (κ2) is 11.2. The first-order chi connectivity index (χ1) is 17.4. The first-order valence-corrected chi connectivity index (χ1v) is 11.5. The fourth-order valence-corrected chi connectivity index (χ4v) is 3.76. The van der Waals surface area contributed by atoms with E-state index in [1.807, 2.05) is 0 Å². The van der Waals surface area contributed by atoms with Gasteiger partial charge in [-0.15, -0.1) is 6.42 Å². The van der Waals surface area contributed by atoms with Crippen LogP contribution in [0.25, 0.3) is 0 Å². The van der Waals surface area contributed by atoms with Gasteiger partial charge in [0.1, 0.15) is 18.1 Å². The van der Waals surface area contributed by atoms with Crippen molar-refractivity contribution in [2.24, 2.45) is 18.4 Å². The van der Waals surface area contributed by atoms with Crippen molar-refractivity contribution in [1.82, 2.24) is 4.57 Å². The van der Waals surface area contributed by atoms with Crippen molar-refractivity contribution in [1.29, 1.82) is 0 Å². The molecular formula is C27H28F4N2O5. The Hall–Kier alpha value is -3.94. The summed E-state index contributed by atoms with van der Waals surface area (Å²) in [7, 11) is 1.45. The van der Waals surface area contributed by atoms with E-state index in [9.17, 15) is 36.7 Å². The number of hydrogen-bond donors (Lipinski definition) is 1. The summed E-state index contributed by atoms with van der Waals surface area (Å²) in [6.07, 6.45) is 0.147. The van der Waals surface area contributed by atoms with Crippen molar-refractivity contribution in [3.8, 4) is 12.3 Å². The number of carbonyl (C=O) groups excluding carboxylic acids is 4. The van der Waals surface area contributed by atoms with Gasteiger partial charge in [-0.25, -0.2) is 4.39 Å². The van der Waals surface area contributed by atoms with E-state index in [-0.39, 0.29) is 34.8 Å². The monoisotopic (exact) mass is 536 g/mol. The average Bonchev–Trinajstić information content (AvgIpc) is 3.05. The number of hydrogen-bond acceptors (Lipinski definition) is 5. The Morgan fingerprint density at radius 1 is 1.16 bits per heavy atom. The zero-order valence-corrected chi connectivity index (χ0v) is 21.8. The molecule has 0 bridgehead atoms. The molecule has 1 aromatic heterocycles. The Balaban J connectivity index is 2.32. The van der Waals surface area contributed by atoms with E-state index in [0.29, 0.717) is 12.1 Å². The van der Waals surface area contributed by atoms with Crippen LogP contribution in [0.4, 0.5) is 23.2 Å². The molecule has 2 rings (SSSR count). The molecule has 0 fully saturated rings. The van der Waals surface area contributed by atoms with Crippen LogP contribution in [-0.4, -0.2) is 34.6 Å². The summed E-state index contributed by atoms with van der Waals surface area (Å²) in [6.45, 7) is 7.38. The molecule has 0 aliphatic rings. The molecule has 204 valence electrons. The highest BCUT2D eigenvalue weighted by Gasteiger charge is 2.36. The van der Waals surface area contributed by atoms with E-state index in [1.165, 1.54) is 32.4 Å². The molecule has 0 saturated heterocycles. The van der Waals surface area contributed by atoms with Crippen LogP contribution in [0, 0.1) is 43.3 Å². The van der Waals surface area contributed by atoms with Crippen molar-refractivity contribution in [2.75, 3.05) is 11.9 Å². The molecule has 0 aliphatic carbocycles. The van der Waals surface area contributed by atoms with Crippen molar-refractivity contribution in [3.63, 3.8) is 0 Å². The number of anilines is 1. The van der Waals surface area contributed by atoms with Gasteiger partial charge in [-0.1, -0.05) is 19.8 Å². The van der Waals surface area contributed by atoms with E-state index in [4.69, 9.17) is 11.2 Å². The number of terminal acetylenes is 1. The van der Waals surface area contributed by atoms with Crippen LogP contribution in [-0.2, 0) is 27.5 Å². The van der Waals surface area contributed by atoms with Gasteiger partial charge in [0, 0.05) is 24.8 Å². The minimum Gasteiger partial charge on any atom is -0.464 e. The lowest BCUT2D eigenvalue weighted by molar-refractivity contribution is -0.150. The van der Waals surface area contributed by atoms with E-state index >= 15 is 0 Å². The number of ether oxygens (including phenoxy) is 1. The molecular weight excluding hydrogens is 508 g/mol. The molecule has 0 aliphatic heterocycles. The number of alkyl halides is 3. The second-order valence-electron chi connectivity index (χ2n) is 9.54. The summed E-state index contributed by atoms with van der Waals surface area (Å²) in [6, 6.07) is 2.01. The predicted octanol–water partition coefficient (Wildman–Crippen LogP) is 5.03. The molecule has 2 aromatic rings. The summed E-state index contributed by atoms with van der Waals surface area (Å²) in [4.78, 5) is 50.8. The van der Waals surface area contributed by atoms with Gasteiger partial charge in [-0.2, -0.15) is 13.2 Å². The van der Waals surface area contributed by atoms with Crippen molar-refractivity contribution in [2.45, 2.75) is 47.2 Å². The Bertz CT molecular complexity index is 1330. The molecule has 1 N–H and O–H groups in total. The topological polar surface area (TPSA) is 94.5 Å². The normalized spacial score (nSPS) is 13.0. The van der Waals surface area contributed by atoms with Crippen LogP contribution >= 0.6 is 0 Å². The molecule has 11 heteroatoms. The fraction of sp³-hybridized carbons (Fsp3) is 0.407. The Kier molecular flexibility index (Phi) is 8.93. The maximum absolute atomic E-state index is 13.6. The molecule has 0 saturated carbocycles.